The Morgan fingerprint density at radius 2 is 0.763 bits per heavy atom. The van der Waals surface area contributed by atoms with E-state index in [1.54, 1.807) is 11.3 Å². The molecule has 510 valence electrons. The minimum atomic E-state index is 0.0611. The minimum Gasteiger partial charge on any atom is -0.381 e. The maximum atomic E-state index is 15.6. The normalized spacial score (nSPS) is 14.4. The third-order valence-electron chi connectivity index (χ3n) is 20.7. The molecule has 5 aromatic heterocycles. The first-order valence-corrected chi connectivity index (χ1v) is 41.7. The van der Waals surface area contributed by atoms with Gasteiger partial charge < -0.3 is 19.1 Å². The lowest BCUT2D eigenvalue weighted by Crippen LogP contribution is -2.34. The first-order chi connectivity index (χ1) is 45.7. The molecule has 0 saturated heterocycles. The fraction of sp³-hybridized carbons (Fsp3) is 0.639. The van der Waals surface area contributed by atoms with Crippen LogP contribution in [0.5, 0.6) is 0 Å². The predicted octanol–water partition coefficient (Wildman–Crippen LogP) is 27.2. The SMILES string of the molecule is CCCCCCCCCCC(CCCCCCCC)CN1C(=O)C2=C(c3ccc(-c4cc5cc6c(cc5s4)c4cc5sc(-c7ccc(C)s7)cc5cc4n6CCCOCCCCCCCC)s3)N(CC(CCCCCCCC)CCCCCCCCCC)C(=O)C2=C1C. The van der Waals surface area contributed by atoms with Gasteiger partial charge in [-0.2, -0.15) is 0 Å². The van der Waals surface area contributed by atoms with Crippen LogP contribution < -0.4 is 0 Å². The highest BCUT2D eigenvalue weighted by atomic mass is 32.1. The summed E-state index contributed by atoms with van der Waals surface area (Å²) >= 11 is 7.47. The van der Waals surface area contributed by atoms with Crippen molar-refractivity contribution in [3.05, 3.63) is 87.3 Å². The van der Waals surface area contributed by atoms with E-state index in [1.807, 2.05) is 34.0 Å². The lowest BCUT2D eigenvalue weighted by atomic mass is 9.93. The lowest BCUT2D eigenvalue weighted by Gasteiger charge is -2.29. The van der Waals surface area contributed by atoms with Gasteiger partial charge in [-0.05, 0) is 136 Å². The Balaban J connectivity index is 1.02. The van der Waals surface area contributed by atoms with Crippen LogP contribution in [0.25, 0.3) is 67.2 Å². The number of ether oxygens (including phenoxy) is 1. The number of thiophene rings is 4. The number of amides is 2. The highest BCUT2D eigenvalue weighted by Crippen LogP contribution is 2.49. The summed E-state index contributed by atoms with van der Waals surface area (Å²) < 4.78 is 11.5. The third kappa shape index (κ3) is 20.5. The van der Waals surface area contributed by atoms with E-state index >= 15 is 9.59 Å². The van der Waals surface area contributed by atoms with E-state index in [9.17, 15) is 0 Å². The second kappa shape index (κ2) is 39.4. The summed E-state index contributed by atoms with van der Waals surface area (Å²) in [6, 6.07) is 23.8. The molecule has 0 spiro atoms. The Hall–Kier alpha value is -4.06. The van der Waals surface area contributed by atoms with E-state index in [0.717, 1.165) is 74.6 Å². The summed E-state index contributed by atoms with van der Waals surface area (Å²) in [5.41, 5.74) is 5.74. The quantitative estimate of drug-likeness (QED) is 0.0357. The number of benzene rings is 2. The molecule has 2 atom stereocenters. The first kappa shape index (κ1) is 73.2. The van der Waals surface area contributed by atoms with E-state index in [4.69, 9.17) is 4.74 Å². The number of aromatic nitrogens is 1. The smallest absolute Gasteiger partial charge is 0.261 e. The van der Waals surface area contributed by atoms with E-state index in [1.165, 1.54) is 278 Å². The Bertz CT molecular complexity index is 3450. The van der Waals surface area contributed by atoms with Gasteiger partial charge in [-0.1, -0.05) is 247 Å². The van der Waals surface area contributed by atoms with Crippen LogP contribution in [-0.2, 0) is 20.9 Å². The Kier molecular flexibility index (Phi) is 31.0. The molecular weight excluding hydrogens is 1220 g/mol. The number of aryl methyl sites for hydroxylation is 2. The molecule has 0 radical (unpaired) electrons. The molecule has 10 heteroatoms. The fourth-order valence-electron chi connectivity index (χ4n) is 15.2. The molecular formula is C83H121N3O3S4. The van der Waals surface area contributed by atoms with Crippen LogP contribution in [0.15, 0.2) is 77.5 Å². The van der Waals surface area contributed by atoms with Crippen molar-refractivity contribution in [1.29, 1.82) is 0 Å². The fourth-order valence-corrected chi connectivity index (χ4v) is 19.4. The van der Waals surface area contributed by atoms with Crippen molar-refractivity contribution in [3.8, 4) is 19.5 Å². The van der Waals surface area contributed by atoms with Crippen LogP contribution in [0.3, 0.4) is 0 Å². The van der Waals surface area contributed by atoms with Crippen LogP contribution in [0, 0.1) is 18.8 Å². The minimum absolute atomic E-state index is 0.0611. The average molecular weight is 1340 g/mol. The van der Waals surface area contributed by atoms with Gasteiger partial charge in [0.1, 0.15) is 0 Å². The number of carbonyl (C=O) groups is 2. The average Bonchev–Trinajstić information content (AvgIpc) is 1.58. The van der Waals surface area contributed by atoms with Gasteiger partial charge in [-0.15, -0.1) is 45.3 Å². The second-order valence-electron chi connectivity index (χ2n) is 28.4. The van der Waals surface area contributed by atoms with Gasteiger partial charge in [0, 0.05) is 94.1 Å². The predicted molar refractivity (Wildman–Crippen MR) is 411 cm³/mol. The summed E-state index contributed by atoms with van der Waals surface area (Å²) in [4.78, 5) is 43.0. The summed E-state index contributed by atoms with van der Waals surface area (Å²) in [7, 11) is 0. The number of carbonyl (C=O) groups excluding carboxylic acids is 2. The maximum absolute atomic E-state index is 15.6. The number of hydrogen-bond donors (Lipinski definition) is 0. The maximum Gasteiger partial charge on any atom is 0.261 e. The van der Waals surface area contributed by atoms with Crippen molar-refractivity contribution in [1.82, 2.24) is 14.4 Å². The second-order valence-corrected chi connectivity index (χ2v) is 32.9. The molecule has 9 rings (SSSR count). The summed E-state index contributed by atoms with van der Waals surface area (Å²) in [6.45, 7) is 19.7. The monoisotopic (exact) mass is 1340 g/mol. The zero-order chi connectivity index (χ0) is 65.2. The van der Waals surface area contributed by atoms with Crippen molar-refractivity contribution < 1.29 is 14.3 Å². The highest BCUT2D eigenvalue weighted by Gasteiger charge is 2.48. The Morgan fingerprint density at radius 1 is 0.376 bits per heavy atom. The van der Waals surface area contributed by atoms with Gasteiger partial charge in [0.05, 0.1) is 21.7 Å². The molecule has 2 unspecified atom stereocenters. The molecule has 93 heavy (non-hydrogen) atoms. The lowest BCUT2D eigenvalue weighted by molar-refractivity contribution is -0.125. The van der Waals surface area contributed by atoms with Crippen LogP contribution in [-0.4, -0.2) is 52.5 Å². The molecule has 2 aliphatic rings. The van der Waals surface area contributed by atoms with Gasteiger partial charge in [-0.25, -0.2) is 0 Å². The zero-order valence-corrected chi connectivity index (χ0v) is 62.5. The van der Waals surface area contributed by atoms with Gasteiger partial charge in [-0.3, -0.25) is 9.59 Å². The van der Waals surface area contributed by atoms with E-state index in [-0.39, 0.29) is 11.8 Å². The highest BCUT2D eigenvalue weighted by molar-refractivity contribution is 7.27. The third-order valence-corrected chi connectivity index (χ3v) is 25.4. The number of unbranched alkanes of at least 4 members (excludes halogenated alkanes) is 29. The first-order valence-electron chi connectivity index (χ1n) is 38.4. The Morgan fingerprint density at radius 3 is 1.22 bits per heavy atom. The van der Waals surface area contributed by atoms with Gasteiger partial charge in [0.2, 0.25) is 0 Å². The number of allylic oxidation sites excluding steroid dienone is 1. The zero-order valence-electron chi connectivity index (χ0n) is 59.2. The van der Waals surface area contributed by atoms with Crippen molar-refractivity contribution in [2.24, 2.45) is 11.8 Å². The molecule has 0 bridgehead atoms. The molecule has 2 aliphatic heterocycles. The number of fused-ring (bicyclic) bond motifs is 6. The van der Waals surface area contributed by atoms with Crippen LogP contribution >= 0.6 is 45.3 Å². The van der Waals surface area contributed by atoms with Gasteiger partial charge in [0.25, 0.3) is 11.8 Å². The molecule has 0 N–H and O–H groups in total. The number of hydrogen-bond acceptors (Lipinski definition) is 7. The number of nitrogens with zero attached hydrogens (tertiary/aromatic N) is 3. The largest absolute Gasteiger partial charge is 0.381 e. The molecule has 2 aromatic carbocycles. The van der Waals surface area contributed by atoms with Crippen LogP contribution in [0.2, 0.25) is 0 Å². The molecule has 0 aliphatic carbocycles. The molecule has 2 amide bonds. The van der Waals surface area contributed by atoms with Crippen LogP contribution in [0.1, 0.15) is 302 Å². The van der Waals surface area contributed by atoms with Crippen molar-refractivity contribution in [2.75, 3.05) is 26.3 Å². The van der Waals surface area contributed by atoms with Crippen molar-refractivity contribution in [2.45, 2.75) is 305 Å². The molecule has 7 heterocycles. The standard InChI is InChI=1S/C83H121N3O3S4/c1-8-13-18-23-28-30-34-39-44-64(43-37-32-25-20-15-10-3)60-85-63(7)79-80(83(85)88)81(86(82(79)87)61-65(45-38-33-26-21-16-11-4)46-40-35-31-29-24-19-14-9-2)74-50-49-73(91-74)78-57-67-55-71-69(59-76(67)93-78)68-58-75-66(56-77(92-75)72-48-47-62(6)90-72)54-70(68)84(71)51-42-53-89-52-41-36-27-22-17-12-5/h47-50,54-59,64-65H,8-46,51-53,60-61H2,1-7H3. The summed E-state index contributed by atoms with van der Waals surface area (Å²) in [5.74, 6) is 0.946. The van der Waals surface area contributed by atoms with E-state index < -0.39 is 0 Å². The topological polar surface area (TPSA) is 54.8 Å². The summed E-state index contributed by atoms with van der Waals surface area (Å²) in [5, 5.41) is 5.22. The Labute approximate surface area is 579 Å². The van der Waals surface area contributed by atoms with E-state index in [2.05, 4.69) is 123 Å². The van der Waals surface area contributed by atoms with Crippen LogP contribution in [0.4, 0.5) is 0 Å². The van der Waals surface area contributed by atoms with Gasteiger partial charge >= 0.3 is 0 Å². The van der Waals surface area contributed by atoms with Gasteiger partial charge in [0.15, 0.2) is 0 Å². The molecule has 6 nitrogen and oxygen atoms in total. The molecule has 0 fully saturated rings. The molecule has 7 aromatic rings. The van der Waals surface area contributed by atoms with Crippen molar-refractivity contribution in [3.63, 3.8) is 0 Å². The summed E-state index contributed by atoms with van der Waals surface area (Å²) in [6.07, 6.45) is 49.4. The van der Waals surface area contributed by atoms with E-state index in [0.29, 0.717) is 36.1 Å². The number of rotatable bonds is 50. The molecule has 0 saturated carbocycles. The van der Waals surface area contributed by atoms with Crippen molar-refractivity contribution >= 4 is 105 Å².